The molecule has 0 saturated heterocycles. The van der Waals surface area contributed by atoms with Crippen LogP contribution < -0.4 is 0 Å². The summed E-state index contributed by atoms with van der Waals surface area (Å²) in [6, 6.07) is 0. The van der Waals surface area contributed by atoms with Gasteiger partial charge in [-0.15, -0.1) is 0 Å². The minimum atomic E-state index is -4.08. The van der Waals surface area contributed by atoms with E-state index in [1.165, 1.54) is 4.90 Å². The molecule has 1 unspecified atom stereocenters. The van der Waals surface area contributed by atoms with E-state index in [2.05, 4.69) is 19.6 Å². The van der Waals surface area contributed by atoms with E-state index in [1.54, 1.807) is 6.92 Å². The van der Waals surface area contributed by atoms with Crippen molar-refractivity contribution in [3.63, 3.8) is 0 Å². The molecule has 0 saturated carbocycles. The number of hydrogen-bond acceptors (Lipinski definition) is 2. The van der Waals surface area contributed by atoms with E-state index in [0.717, 1.165) is 18.6 Å². The van der Waals surface area contributed by atoms with Crippen molar-refractivity contribution in [3.8, 4) is 0 Å². The quantitative estimate of drug-likeness (QED) is 0.672. The maximum atomic E-state index is 12.1. The summed E-state index contributed by atoms with van der Waals surface area (Å²) in [5.41, 5.74) is 0. The molecule has 0 amide bonds. The Hall–Kier alpha value is 0.100. The van der Waals surface area contributed by atoms with E-state index in [9.17, 15) is 13.2 Å². The van der Waals surface area contributed by atoms with Crippen LogP contribution in [0.25, 0.3) is 0 Å². The molecule has 1 nitrogen and oxygen atoms in total. The fourth-order valence-electron chi connectivity index (χ4n) is 1.37. The molecule has 5 heteroatoms. The van der Waals surface area contributed by atoms with Crippen LogP contribution in [0.4, 0.5) is 13.2 Å². The van der Waals surface area contributed by atoms with Crippen LogP contribution in [0.5, 0.6) is 0 Å². The molecule has 0 aliphatic carbocycles. The summed E-state index contributed by atoms with van der Waals surface area (Å²) < 4.78 is 36.3. The van der Waals surface area contributed by atoms with Crippen molar-refractivity contribution < 1.29 is 13.2 Å². The third kappa shape index (κ3) is 9.05. The minimum absolute atomic E-state index is 0.449. The average Bonchev–Trinajstić information content (AvgIpc) is 2.11. The van der Waals surface area contributed by atoms with E-state index < -0.39 is 12.7 Å². The summed E-state index contributed by atoms with van der Waals surface area (Å²) >= 11 is 4.10. The van der Waals surface area contributed by atoms with E-state index in [-0.39, 0.29) is 0 Å². The van der Waals surface area contributed by atoms with Gasteiger partial charge in [0.2, 0.25) is 0 Å². The SMILES string of the molecule is CCN(CCC(C)CCS)CC(F)(F)F. The molecule has 0 heterocycles. The molecule has 0 spiro atoms. The van der Waals surface area contributed by atoms with E-state index in [0.29, 0.717) is 19.0 Å². The average molecular weight is 243 g/mol. The lowest BCUT2D eigenvalue weighted by Gasteiger charge is -2.23. The number of thiol groups is 1. The Labute approximate surface area is 95.4 Å². The summed E-state index contributed by atoms with van der Waals surface area (Å²) in [7, 11) is 0. The molecule has 0 N–H and O–H groups in total. The predicted molar refractivity (Wildman–Crippen MR) is 60.4 cm³/mol. The summed E-state index contributed by atoms with van der Waals surface area (Å²) in [6.07, 6.45) is -2.31. The van der Waals surface area contributed by atoms with Crippen LogP contribution in [0.15, 0.2) is 0 Å². The molecule has 0 aromatic rings. The summed E-state index contributed by atoms with van der Waals surface area (Å²) in [4.78, 5) is 1.44. The van der Waals surface area contributed by atoms with Crippen LogP contribution >= 0.6 is 12.6 Å². The standard InChI is InChI=1S/C10H20F3NS/c1-3-14(8-10(11,12)13)6-4-9(2)5-7-15/h9,15H,3-8H2,1-2H3. The van der Waals surface area contributed by atoms with Crippen molar-refractivity contribution in [3.05, 3.63) is 0 Å². The highest BCUT2D eigenvalue weighted by Gasteiger charge is 2.29. The molecule has 0 aromatic carbocycles. The molecular formula is C10H20F3NS. The number of rotatable bonds is 7. The monoisotopic (exact) mass is 243 g/mol. The van der Waals surface area contributed by atoms with Crippen LogP contribution in [0.2, 0.25) is 0 Å². The lowest BCUT2D eigenvalue weighted by atomic mass is 10.1. The molecule has 0 fully saturated rings. The predicted octanol–water partition coefficient (Wildman–Crippen LogP) is 3.22. The molecule has 0 aromatic heterocycles. The summed E-state index contributed by atoms with van der Waals surface area (Å²) in [6.45, 7) is 3.99. The first-order chi connectivity index (χ1) is 6.89. The van der Waals surface area contributed by atoms with Crippen LogP contribution in [0, 0.1) is 5.92 Å². The van der Waals surface area contributed by atoms with Gasteiger partial charge in [-0.3, -0.25) is 4.90 Å². The van der Waals surface area contributed by atoms with Gasteiger partial charge in [0.25, 0.3) is 0 Å². The van der Waals surface area contributed by atoms with Crippen molar-refractivity contribution >= 4 is 12.6 Å². The highest BCUT2D eigenvalue weighted by molar-refractivity contribution is 7.80. The number of hydrogen-bond donors (Lipinski definition) is 1. The molecule has 15 heavy (non-hydrogen) atoms. The molecule has 0 bridgehead atoms. The van der Waals surface area contributed by atoms with Gasteiger partial charge in [-0.05, 0) is 37.6 Å². The van der Waals surface area contributed by atoms with Gasteiger partial charge in [0.05, 0.1) is 6.54 Å². The number of alkyl halides is 3. The Morgan fingerprint density at radius 1 is 1.27 bits per heavy atom. The highest BCUT2D eigenvalue weighted by Crippen LogP contribution is 2.17. The molecular weight excluding hydrogens is 223 g/mol. The van der Waals surface area contributed by atoms with Crippen molar-refractivity contribution in [2.45, 2.75) is 32.9 Å². The Kier molecular flexibility index (Phi) is 7.44. The smallest absolute Gasteiger partial charge is 0.295 e. The zero-order chi connectivity index (χ0) is 11.9. The molecule has 0 radical (unpaired) electrons. The highest BCUT2D eigenvalue weighted by atomic mass is 32.1. The lowest BCUT2D eigenvalue weighted by Crippen LogP contribution is -2.35. The van der Waals surface area contributed by atoms with Crippen molar-refractivity contribution in [1.29, 1.82) is 0 Å². The van der Waals surface area contributed by atoms with Crippen LogP contribution in [-0.4, -0.2) is 36.5 Å². The second kappa shape index (κ2) is 7.39. The van der Waals surface area contributed by atoms with E-state index in [1.807, 2.05) is 0 Å². The fraction of sp³-hybridized carbons (Fsp3) is 1.00. The summed E-state index contributed by atoms with van der Waals surface area (Å²) in [5.74, 6) is 1.25. The Morgan fingerprint density at radius 2 is 1.87 bits per heavy atom. The van der Waals surface area contributed by atoms with Crippen molar-refractivity contribution in [2.24, 2.45) is 5.92 Å². The van der Waals surface area contributed by atoms with Gasteiger partial charge < -0.3 is 0 Å². The molecule has 0 aliphatic heterocycles. The van der Waals surface area contributed by atoms with Gasteiger partial charge in [-0.1, -0.05) is 13.8 Å². The Bertz CT molecular complexity index is 161. The van der Waals surface area contributed by atoms with Crippen molar-refractivity contribution in [1.82, 2.24) is 4.90 Å². The zero-order valence-electron chi connectivity index (χ0n) is 9.35. The molecule has 1 atom stereocenters. The third-order valence-corrected chi connectivity index (χ3v) is 2.67. The second-order valence-corrected chi connectivity index (χ2v) is 4.34. The van der Waals surface area contributed by atoms with E-state index in [4.69, 9.17) is 0 Å². The third-order valence-electron chi connectivity index (χ3n) is 2.41. The van der Waals surface area contributed by atoms with Crippen LogP contribution in [-0.2, 0) is 0 Å². The second-order valence-electron chi connectivity index (χ2n) is 3.89. The van der Waals surface area contributed by atoms with Crippen molar-refractivity contribution in [2.75, 3.05) is 25.4 Å². The minimum Gasteiger partial charge on any atom is -0.295 e. The first kappa shape index (κ1) is 15.1. The molecule has 0 aliphatic rings. The number of halogens is 3. The first-order valence-corrected chi connectivity index (χ1v) is 5.92. The van der Waals surface area contributed by atoms with Crippen LogP contribution in [0.3, 0.4) is 0 Å². The van der Waals surface area contributed by atoms with Gasteiger partial charge in [-0.25, -0.2) is 0 Å². The Balaban J connectivity index is 3.80. The largest absolute Gasteiger partial charge is 0.401 e. The van der Waals surface area contributed by atoms with Gasteiger partial charge in [0, 0.05) is 0 Å². The lowest BCUT2D eigenvalue weighted by molar-refractivity contribution is -0.145. The maximum Gasteiger partial charge on any atom is 0.401 e. The fourth-order valence-corrected chi connectivity index (χ4v) is 1.81. The first-order valence-electron chi connectivity index (χ1n) is 5.29. The number of nitrogens with zero attached hydrogens (tertiary/aromatic N) is 1. The maximum absolute atomic E-state index is 12.1. The molecule has 92 valence electrons. The van der Waals surface area contributed by atoms with E-state index >= 15 is 0 Å². The van der Waals surface area contributed by atoms with Gasteiger partial charge in [0.15, 0.2) is 0 Å². The van der Waals surface area contributed by atoms with Crippen LogP contribution in [0.1, 0.15) is 26.7 Å². The normalized spacial score (nSPS) is 14.6. The topological polar surface area (TPSA) is 3.24 Å². The molecule has 0 rings (SSSR count). The Morgan fingerprint density at radius 3 is 2.27 bits per heavy atom. The van der Waals surface area contributed by atoms with Gasteiger partial charge >= 0.3 is 6.18 Å². The summed E-state index contributed by atoms with van der Waals surface area (Å²) in [5, 5.41) is 0. The van der Waals surface area contributed by atoms with Gasteiger partial charge in [0.1, 0.15) is 0 Å². The zero-order valence-corrected chi connectivity index (χ0v) is 10.2. The van der Waals surface area contributed by atoms with Gasteiger partial charge in [-0.2, -0.15) is 25.8 Å².